The van der Waals surface area contributed by atoms with E-state index >= 15 is 0 Å². The van der Waals surface area contributed by atoms with Crippen molar-refractivity contribution in [3.63, 3.8) is 0 Å². The van der Waals surface area contributed by atoms with Crippen LogP contribution in [0.5, 0.6) is 5.88 Å². The predicted octanol–water partition coefficient (Wildman–Crippen LogP) is 5.52. The lowest BCUT2D eigenvalue weighted by atomic mass is 10.00. The Hall–Kier alpha value is -4.14. The van der Waals surface area contributed by atoms with Gasteiger partial charge in [-0.2, -0.15) is 0 Å². The predicted molar refractivity (Wildman–Crippen MR) is 156 cm³/mol. The summed E-state index contributed by atoms with van der Waals surface area (Å²) < 4.78 is 0. The zero-order chi connectivity index (χ0) is 27.9. The summed E-state index contributed by atoms with van der Waals surface area (Å²) in [6.07, 6.45) is 1.40. The number of nitrogens with one attached hydrogen (secondary N) is 1. The van der Waals surface area contributed by atoms with Crippen LogP contribution in [0.3, 0.4) is 0 Å². The second-order valence-electron chi connectivity index (χ2n) is 10.3. The standard InChI is InChI=1S/C30H30ClN5O3/c1-30(2,32)29(39)35(3)21-13-9-20(10-14-21)33-27(26-23-15-8-19(31)17-24(23)34-28(26)38)18-6-11-22(12-7-18)36-16-4-5-25(36)37/h6-15,17,34,38H,4-5,16,32H2,1-3H3. The highest BCUT2D eigenvalue weighted by Crippen LogP contribution is 2.34. The van der Waals surface area contributed by atoms with Gasteiger partial charge in [-0.25, -0.2) is 4.99 Å². The third kappa shape index (κ3) is 5.26. The summed E-state index contributed by atoms with van der Waals surface area (Å²) in [6, 6.07) is 20.2. The topological polar surface area (TPSA) is 115 Å². The number of hydrogen-bond acceptors (Lipinski definition) is 5. The number of aromatic amines is 1. The Morgan fingerprint density at radius 2 is 1.79 bits per heavy atom. The molecular weight excluding hydrogens is 514 g/mol. The molecule has 9 heteroatoms. The first-order chi connectivity index (χ1) is 18.5. The third-order valence-corrected chi connectivity index (χ3v) is 7.07. The molecule has 0 radical (unpaired) electrons. The highest BCUT2D eigenvalue weighted by Gasteiger charge is 2.27. The molecule has 0 atom stereocenters. The second-order valence-corrected chi connectivity index (χ2v) is 10.7. The molecule has 1 aliphatic heterocycles. The highest BCUT2D eigenvalue weighted by atomic mass is 35.5. The molecule has 0 unspecified atom stereocenters. The number of fused-ring (bicyclic) bond motifs is 1. The SMILES string of the molecule is CN(C(=O)C(C)(C)N)c1ccc(N=C(c2ccc(N3CCCC3=O)cc2)c2c(O)[nH]c3cc(Cl)ccc23)cc1. The maximum absolute atomic E-state index is 12.6. The monoisotopic (exact) mass is 543 g/mol. The lowest BCUT2D eigenvalue weighted by molar-refractivity contribution is -0.122. The molecule has 0 spiro atoms. The van der Waals surface area contributed by atoms with Gasteiger partial charge in [-0.3, -0.25) is 9.59 Å². The van der Waals surface area contributed by atoms with E-state index in [-0.39, 0.29) is 17.7 Å². The van der Waals surface area contributed by atoms with E-state index in [0.717, 1.165) is 23.1 Å². The maximum Gasteiger partial charge on any atom is 0.246 e. The largest absolute Gasteiger partial charge is 0.494 e. The van der Waals surface area contributed by atoms with Gasteiger partial charge in [0.25, 0.3) is 0 Å². The van der Waals surface area contributed by atoms with Crippen molar-refractivity contribution in [2.24, 2.45) is 10.7 Å². The number of anilines is 2. The van der Waals surface area contributed by atoms with Crippen LogP contribution in [0.1, 0.15) is 37.8 Å². The average molecular weight is 544 g/mol. The third-order valence-electron chi connectivity index (χ3n) is 6.84. The van der Waals surface area contributed by atoms with Gasteiger partial charge in [0.15, 0.2) is 5.88 Å². The van der Waals surface area contributed by atoms with Gasteiger partial charge in [-0.15, -0.1) is 0 Å². The molecule has 1 aromatic heterocycles. The van der Waals surface area contributed by atoms with Crippen LogP contribution in [0.2, 0.25) is 5.02 Å². The number of aromatic nitrogens is 1. The normalized spacial score (nSPS) is 14.3. The quantitative estimate of drug-likeness (QED) is 0.278. The highest BCUT2D eigenvalue weighted by molar-refractivity contribution is 6.31. The molecule has 0 bridgehead atoms. The number of benzene rings is 3. The zero-order valence-corrected chi connectivity index (χ0v) is 22.8. The van der Waals surface area contributed by atoms with Crippen LogP contribution in [0, 0.1) is 0 Å². The first-order valence-electron chi connectivity index (χ1n) is 12.7. The summed E-state index contributed by atoms with van der Waals surface area (Å²) in [5, 5.41) is 12.3. The van der Waals surface area contributed by atoms with Gasteiger partial charge in [-0.05, 0) is 68.8 Å². The minimum absolute atomic E-state index is 0.0306. The molecule has 3 aromatic carbocycles. The summed E-state index contributed by atoms with van der Waals surface area (Å²) in [6.45, 7) is 4.04. The fraction of sp³-hybridized carbons (Fsp3) is 0.233. The van der Waals surface area contributed by atoms with E-state index in [2.05, 4.69) is 4.98 Å². The number of carbonyl (C=O) groups is 2. The van der Waals surface area contributed by atoms with Crippen molar-refractivity contribution in [1.82, 2.24) is 4.98 Å². The van der Waals surface area contributed by atoms with Crippen LogP contribution >= 0.6 is 11.6 Å². The van der Waals surface area contributed by atoms with Gasteiger partial charge in [-0.1, -0.05) is 29.8 Å². The van der Waals surface area contributed by atoms with Gasteiger partial charge in [0, 0.05) is 47.4 Å². The number of hydrogen-bond donors (Lipinski definition) is 3. The van der Waals surface area contributed by atoms with Gasteiger partial charge in [0.05, 0.1) is 28.0 Å². The molecule has 1 fully saturated rings. The lowest BCUT2D eigenvalue weighted by Crippen LogP contribution is -2.49. The molecule has 4 N–H and O–H groups in total. The maximum atomic E-state index is 12.6. The Kier molecular flexibility index (Phi) is 6.92. The number of aliphatic imine (C=N–C) groups is 1. The number of halogens is 1. The summed E-state index contributed by atoms with van der Waals surface area (Å²) in [5.41, 5.74) is 9.65. The fourth-order valence-corrected chi connectivity index (χ4v) is 4.98. The van der Waals surface area contributed by atoms with Crippen molar-refractivity contribution in [3.05, 3.63) is 82.9 Å². The van der Waals surface area contributed by atoms with Crippen molar-refractivity contribution in [2.45, 2.75) is 32.2 Å². The summed E-state index contributed by atoms with van der Waals surface area (Å²) in [7, 11) is 1.68. The first-order valence-corrected chi connectivity index (χ1v) is 13.1. The Labute approximate surface area is 231 Å². The number of nitrogens with two attached hydrogens (primary N) is 1. The van der Waals surface area contributed by atoms with Gasteiger partial charge < -0.3 is 25.6 Å². The van der Waals surface area contributed by atoms with Crippen LogP contribution in [-0.4, -0.2) is 46.7 Å². The Balaban J connectivity index is 1.58. The van der Waals surface area contributed by atoms with E-state index < -0.39 is 5.54 Å². The molecule has 5 rings (SSSR count). The number of rotatable bonds is 6. The molecule has 2 amide bonds. The Morgan fingerprint density at radius 1 is 1.10 bits per heavy atom. The van der Waals surface area contributed by atoms with Crippen molar-refractivity contribution >= 4 is 57.1 Å². The van der Waals surface area contributed by atoms with E-state index in [9.17, 15) is 14.7 Å². The van der Waals surface area contributed by atoms with E-state index in [1.54, 1.807) is 50.1 Å². The van der Waals surface area contributed by atoms with Crippen LogP contribution < -0.4 is 15.5 Å². The van der Waals surface area contributed by atoms with Crippen molar-refractivity contribution in [1.29, 1.82) is 0 Å². The Bertz CT molecular complexity index is 1580. The summed E-state index contributed by atoms with van der Waals surface area (Å²) >= 11 is 6.19. The molecule has 8 nitrogen and oxygen atoms in total. The molecule has 200 valence electrons. The summed E-state index contributed by atoms with van der Waals surface area (Å²) in [5.74, 6) is -0.125. The average Bonchev–Trinajstić information content (AvgIpc) is 3.48. The molecular formula is C30H30ClN5O3. The summed E-state index contributed by atoms with van der Waals surface area (Å²) in [4.78, 5) is 36.1. The van der Waals surface area contributed by atoms with Crippen LogP contribution in [0.4, 0.5) is 17.1 Å². The number of aromatic hydroxyl groups is 1. The molecule has 0 aliphatic carbocycles. The minimum Gasteiger partial charge on any atom is -0.494 e. The van der Waals surface area contributed by atoms with Crippen LogP contribution in [0.25, 0.3) is 10.9 Å². The number of H-pyrrole nitrogens is 1. The molecule has 4 aromatic rings. The molecule has 39 heavy (non-hydrogen) atoms. The first kappa shape index (κ1) is 26.5. The van der Waals surface area contributed by atoms with Crippen LogP contribution in [0.15, 0.2) is 71.7 Å². The van der Waals surface area contributed by atoms with E-state index in [1.165, 1.54) is 4.90 Å². The smallest absolute Gasteiger partial charge is 0.246 e. The molecule has 1 aliphatic rings. The van der Waals surface area contributed by atoms with Gasteiger partial charge >= 0.3 is 0 Å². The molecule has 1 saturated heterocycles. The van der Waals surface area contributed by atoms with Gasteiger partial charge in [0.1, 0.15) is 0 Å². The second kappa shape index (κ2) is 10.2. The van der Waals surface area contributed by atoms with E-state index in [1.807, 2.05) is 42.5 Å². The fourth-order valence-electron chi connectivity index (χ4n) is 4.81. The number of likely N-dealkylation sites (N-methyl/N-ethyl adjacent to an activating group) is 1. The lowest BCUT2D eigenvalue weighted by Gasteiger charge is -2.26. The number of amides is 2. The zero-order valence-electron chi connectivity index (χ0n) is 22.0. The number of nitrogens with zero attached hydrogens (tertiary/aromatic N) is 3. The number of carbonyl (C=O) groups excluding carboxylic acids is 2. The molecule has 0 saturated carbocycles. The van der Waals surface area contributed by atoms with Crippen molar-refractivity contribution in [2.75, 3.05) is 23.4 Å². The minimum atomic E-state index is -1.000. The van der Waals surface area contributed by atoms with Gasteiger partial charge in [0.2, 0.25) is 11.8 Å². The van der Waals surface area contributed by atoms with Crippen molar-refractivity contribution < 1.29 is 14.7 Å². The molecule has 2 heterocycles. The van der Waals surface area contributed by atoms with Crippen molar-refractivity contribution in [3.8, 4) is 5.88 Å². The van der Waals surface area contributed by atoms with Crippen LogP contribution in [-0.2, 0) is 9.59 Å². The van der Waals surface area contributed by atoms with E-state index in [0.29, 0.717) is 46.2 Å². The Morgan fingerprint density at radius 3 is 2.41 bits per heavy atom. The van der Waals surface area contributed by atoms with E-state index in [4.69, 9.17) is 22.3 Å².